The van der Waals surface area contributed by atoms with E-state index in [1.54, 1.807) is 78.9 Å². The van der Waals surface area contributed by atoms with E-state index in [9.17, 15) is 19.2 Å². The summed E-state index contributed by atoms with van der Waals surface area (Å²) >= 11 is 6.57. The summed E-state index contributed by atoms with van der Waals surface area (Å²) in [5.41, 5.74) is -0.404. The van der Waals surface area contributed by atoms with Gasteiger partial charge in [-0.15, -0.1) is 0 Å². The molecule has 0 aliphatic rings. The van der Waals surface area contributed by atoms with Crippen molar-refractivity contribution in [3.05, 3.63) is 135 Å². The van der Waals surface area contributed by atoms with Crippen molar-refractivity contribution in [2.75, 3.05) is 12.0 Å². The SMILES string of the molecule is COc1ccc(N(C(=O)c2ccccc2)C(=O)c2c(OC(=O)c3ccccc3)c3c(Cl)cccc3n(C)c2=O)cc1. The van der Waals surface area contributed by atoms with Crippen LogP contribution in [0.15, 0.2) is 108 Å². The number of amides is 2. The van der Waals surface area contributed by atoms with Crippen LogP contribution in [0.25, 0.3) is 10.9 Å². The van der Waals surface area contributed by atoms with Crippen molar-refractivity contribution in [3.8, 4) is 11.5 Å². The smallest absolute Gasteiger partial charge is 0.343 e. The molecule has 0 aliphatic heterocycles. The minimum Gasteiger partial charge on any atom is -0.497 e. The lowest BCUT2D eigenvalue weighted by atomic mass is 10.1. The van der Waals surface area contributed by atoms with E-state index in [1.807, 2.05) is 0 Å². The summed E-state index contributed by atoms with van der Waals surface area (Å²) < 4.78 is 12.2. The fourth-order valence-corrected chi connectivity index (χ4v) is 4.67. The molecule has 0 bridgehead atoms. The Labute approximate surface area is 239 Å². The van der Waals surface area contributed by atoms with Crippen LogP contribution < -0.4 is 19.9 Å². The second-order valence-electron chi connectivity index (χ2n) is 8.97. The van der Waals surface area contributed by atoms with Crippen molar-refractivity contribution in [1.82, 2.24) is 4.57 Å². The van der Waals surface area contributed by atoms with Gasteiger partial charge in [0.25, 0.3) is 17.4 Å². The maximum atomic E-state index is 14.4. The summed E-state index contributed by atoms with van der Waals surface area (Å²) in [7, 11) is 2.96. The molecular formula is C32H23ClN2O6. The number of nitrogens with zero attached hydrogens (tertiary/aromatic N) is 2. The summed E-state index contributed by atoms with van der Waals surface area (Å²) in [6, 6.07) is 27.3. The Bertz CT molecular complexity index is 1830. The number of ether oxygens (including phenoxy) is 2. The Morgan fingerprint density at radius 1 is 0.756 bits per heavy atom. The molecule has 0 saturated heterocycles. The number of benzene rings is 4. The van der Waals surface area contributed by atoms with Gasteiger partial charge in [0.1, 0.15) is 11.3 Å². The number of aromatic nitrogens is 1. The van der Waals surface area contributed by atoms with Crippen molar-refractivity contribution in [1.29, 1.82) is 0 Å². The standard InChI is InChI=1S/C32H23ClN2O6/c1-34-25-15-9-14-24(33)26(25)28(41-32(39)21-12-7-4-8-13-21)27(30(34)37)31(38)35(22-16-18-23(40-2)19-17-22)29(36)20-10-5-3-6-11-20/h3-19H,1-2H3. The molecule has 0 unspecified atom stereocenters. The van der Waals surface area contributed by atoms with Crippen LogP contribution in [0.1, 0.15) is 31.1 Å². The van der Waals surface area contributed by atoms with Crippen LogP contribution in [0.2, 0.25) is 5.02 Å². The lowest BCUT2D eigenvalue weighted by Gasteiger charge is -2.23. The highest BCUT2D eigenvalue weighted by atomic mass is 35.5. The largest absolute Gasteiger partial charge is 0.497 e. The van der Waals surface area contributed by atoms with Crippen LogP contribution in [-0.2, 0) is 7.05 Å². The van der Waals surface area contributed by atoms with Crippen LogP contribution >= 0.6 is 11.6 Å². The number of esters is 1. The Hall–Kier alpha value is -5.21. The summed E-state index contributed by atoms with van der Waals surface area (Å²) in [6.45, 7) is 0. The molecule has 4 aromatic carbocycles. The summed E-state index contributed by atoms with van der Waals surface area (Å²) in [5, 5.41) is 0.319. The molecule has 41 heavy (non-hydrogen) atoms. The van der Waals surface area contributed by atoms with E-state index < -0.39 is 28.9 Å². The Morgan fingerprint density at radius 2 is 1.37 bits per heavy atom. The molecule has 2 amide bonds. The number of anilines is 1. The Kier molecular flexibility index (Phi) is 7.67. The van der Waals surface area contributed by atoms with Gasteiger partial charge >= 0.3 is 5.97 Å². The predicted octanol–water partition coefficient (Wildman–Crippen LogP) is 5.91. The number of hydrogen-bond donors (Lipinski definition) is 0. The van der Waals surface area contributed by atoms with E-state index in [2.05, 4.69) is 0 Å². The Balaban J connectivity index is 1.76. The van der Waals surface area contributed by atoms with Gasteiger partial charge in [-0.25, -0.2) is 9.69 Å². The maximum absolute atomic E-state index is 14.4. The average molecular weight is 567 g/mol. The predicted molar refractivity (Wildman–Crippen MR) is 156 cm³/mol. The highest BCUT2D eigenvalue weighted by Gasteiger charge is 2.34. The third-order valence-electron chi connectivity index (χ3n) is 6.50. The number of aryl methyl sites for hydroxylation is 1. The highest BCUT2D eigenvalue weighted by Crippen LogP contribution is 2.35. The number of rotatable bonds is 6. The summed E-state index contributed by atoms with van der Waals surface area (Å²) in [6.07, 6.45) is 0. The van der Waals surface area contributed by atoms with Crippen LogP contribution in [0, 0.1) is 0 Å². The number of carbonyl (C=O) groups is 3. The third-order valence-corrected chi connectivity index (χ3v) is 6.82. The van der Waals surface area contributed by atoms with E-state index in [0.29, 0.717) is 11.3 Å². The third kappa shape index (κ3) is 5.20. The number of hydrogen-bond acceptors (Lipinski definition) is 6. The highest BCUT2D eigenvalue weighted by molar-refractivity contribution is 6.36. The second-order valence-corrected chi connectivity index (χ2v) is 9.37. The van der Waals surface area contributed by atoms with Crippen molar-refractivity contribution in [2.45, 2.75) is 0 Å². The van der Waals surface area contributed by atoms with Crippen LogP contribution in [-0.4, -0.2) is 29.5 Å². The summed E-state index contributed by atoms with van der Waals surface area (Å²) in [5.74, 6) is -2.34. The van der Waals surface area contributed by atoms with E-state index in [1.165, 1.54) is 43.0 Å². The molecule has 1 aromatic heterocycles. The molecular weight excluding hydrogens is 544 g/mol. The first-order valence-corrected chi connectivity index (χ1v) is 12.9. The molecule has 0 saturated carbocycles. The van der Waals surface area contributed by atoms with Gasteiger partial charge in [0.2, 0.25) is 0 Å². The van der Waals surface area contributed by atoms with Crippen LogP contribution in [0.5, 0.6) is 11.5 Å². The van der Waals surface area contributed by atoms with Crippen molar-refractivity contribution < 1.29 is 23.9 Å². The fourth-order valence-electron chi connectivity index (χ4n) is 4.41. The average Bonchev–Trinajstić information content (AvgIpc) is 3.01. The molecule has 0 atom stereocenters. The number of fused-ring (bicyclic) bond motifs is 1. The quantitative estimate of drug-likeness (QED) is 0.187. The molecule has 0 spiro atoms. The maximum Gasteiger partial charge on any atom is 0.343 e. The lowest BCUT2D eigenvalue weighted by Crippen LogP contribution is -2.41. The fraction of sp³-hybridized carbons (Fsp3) is 0.0625. The first-order chi connectivity index (χ1) is 19.8. The molecule has 204 valence electrons. The van der Waals surface area contributed by atoms with Gasteiger partial charge < -0.3 is 14.0 Å². The van der Waals surface area contributed by atoms with Gasteiger partial charge in [-0.05, 0) is 60.7 Å². The van der Waals surface area contributed by atoms with Crippen molar-refractivity contribution in [2.24, 2.45) is 7.05 Å². The van der Waals surface area contributed by atoms with E-state index in [0.717, 1.165) is 4.90 Å². The first-order valence-electron chi connectivity index (χ1n) is 12.5. The molecule has 0 aliphatic carbocycles. The van der Waals surface area contributed by atoms with Crippen molar-refractivity contribution >= 4 is 46.0 Å². The number of imide groups is 1. The number of methoxy groups -OCH3 is 1. The van der Waals surface area contributed by atoms with Crippen LogP contribution in [0.4, 0.5) is 5.69 Å². The minimum atomic E-state index is -0.998. The molecule has 0 radical (unpaired) electrons. The number of halogens is 1. The minimum absolute atomic E-state index is 0.147. The van der Waals surface area contributed by atoms with Gasteiger partial charge in [0.05, 0.1) is 34.3 Å². The molecule has 9 heteroatoms. The summed E-state index contributed by atoms with van der Waals surface area (Å²) in [4.78, 5) is 56.1. The number of carbonyl (C=O) groups excluding carboxylic acids is 3. The molecule has 8 nitrogen and oxygen atoms in total. The van der Waals surface area contributed by atoms with Gasteiger partial charge in [0, 0.05) is 12.6 Å². The normalized spacial score (nSPS) is 10.7. The van der Waals surface area contributed by atoms with Gasteiger partial charge in [-0.2, -0.15) is 0 Å². The second kappa shape index (κ2) is 11.5. The zero-order valence-corrected chi connectivity index (χ0v) is 22.8. The topological polar surface area (TPSA) is 94.9 Å². The van der Waals surface area contributed by atoms with Gasteiger partial charge in [-0.1, -0.05) is 54.1 Å². The zero-order valence-electron chi connectivity index (χ0n) is 22.0. The number of pyridine rings is 1. The van der Waals surface area contributed by atoms with Crippen molar-refractivity contribution in [3.63, 3.8) is 0 Å². The molecule has 1 heterocycles. The zero-order chi connectivity index (χ0) is 29.1. The first kappa shape index (κ1) is 27.4. The monoisotopic (exact) mass is 566 g/mol. The van der Waals surface area contributed by atoms with Gasteiger partial charge in [0.15, 0.2) is 5.75 Å². The lowest BCUT2D eigenvalue weighted by molar-refractivity contribution is 0.0734. The molecule has 5 aromatic rings. The van der Waals surface area contributed by atoms with Gasteiger partial charge in [-0.3, -0.25) is 14.4 Å². The molecule has 5 rings (SSSR count). The van der Waals surface area contributed by atoms with E-state index in [-0.39, 0.29) is 33.0 Å². The Morgan fingerprint density at radius 3 is 1.98 bits per heavy atom. The van der Waals surface area contributed by atoms with E-state index in [4.69, 9.17) is 21.1 Å². The van der Waals surface area contributed by atoms with Crippen LogP contribution in [0.3, 0.4) is 0 Å². The van der Waals surface area contributed by atoms with E-state index >= 15 is 0 Å². The molecule has 0 N–H and O–H groups in total. The molecule has 0 fully saturated rings.